The molecule has 0 saturated carbocycles. The first-order chi connectivity index (χ1) is 13.6. The van der Waals surface area contributed by atoms with E-state index in [0.29, 0.717) is 22.3 Å². The number of benzene rings is 2. The lowest BCUT2D eigenvalue weighted by Gasteiger charge is -2.17. The van der Waals surface area contributed by atoms with Crippen LogP contribution in [0.3, 0.4) is 0 Å². The van der Waals surface area contributed by atoms with Crippen molar-refractivity contribution < 1.29 is 9.18 Å². The van der Waals surface area contributed by atoms with E-state index in [1.807, 2.05) is 42.6 Å². The molecule has 0 fully saturated rings. The summed E-state index contributed by atoms with van der Waals surface area (Å²) in [6.45, 7) is 1.96. The summed E-state index contributed by atoms with van der Waals surface area (Å²) in [5.74, 6) is 0.0270. The Hall–Kier alpha value is -2.77. The minimum Gasteiger partial charge on any atom is -0.266 e. The second kappa shape index (κ2) is 8.08. The highest BCUT2D eigenvalue weighted by Gasteiger charge is 2.32. The van der Waals surface area contributed by atoms with Crippen molar-refractivity contribution >= 4 is 45.9 Å². The monoisotopic (exact) mass is 409 g/mol. The molecule has 0 atom stereocenters. The maximum atomic E-state index is 13.3. The zero-order valence-electron chi connectivity index (χ0n) is 15.0. The van der Waals surface area contributed by atoms with Crippen LogP contribution in [0, 0.1) is 12.7 Å². The van der Waals surface area contributed by atoms with Crippen LogP contribution in [0.2, 0.25) is 0 Å². The molecule has 2 heterocycles. The maximum Gasteiger partial charge on any atom is 0.283 e. The second-order valence-corrected chi connectivity index (χ2v) is 8.10. The van der Waals surface area contributed by atoms with Crippen molar-refractivity contribution in [2.24, 2.45) is 4.99 Å². The van der Waals surface area contributed by atoms with Gasteiger partial charge in [-0.3, -0.25) is 9.69 Å². The molecule has 0 saturated heterocycles. The number of halogens is 1. The van der Waals surface area contributed by atoms with Crippen LogP contribution in [0.1, 0.15) is 16.3 Å². The van der Waals surface area contributed by atoms with E-state index >= 15 is 0 Å². The number of nitrogens with zero attached hydrogens (tertiary/aromatic N) is 3. The molecule has 1 aromatic heterocycles. The first kappa shape index (κ1) is 18.6. The third-order valence-electron chi connectivity index (χ3n) is 4.03. The van der Waals surface area contributed by atoms with Crippen LogP contribution in [0.5, 0.6) is 0 Å². The molecule has 0 N–H and O–H groups in total. The van der Waals surface area contributed by atoms with Gasteiger partial charge in [-0.1, -0.05) is 42.1 Å². The van der Waals surface area contributed by atoms with Crippen LogP contribution in [0.25, 0.3) is 6.08 Å². The van der Waals surface area contributed by atoms with Crippen LogP contribution < -0.4 is 4.90 Å². The number of thioether (sulfide) groups is 1. The van der Waals surface area contributed by atoms with Gasteiger partial charge in [0.15, 0.2) is 5.17 Å². The lowest BCUT2D eigenvalue weighted by Crippen LogP contribution is -2.30. The lowest BCUT2D eigenvalue weighted by molar-refractivity contribution is -0.113. The number of aromatic nitrogens is 1. The number of hydrogen-bond acceptors (Lipinski definition) is 5. The van der Waals surface area contributed by atoms with Crippen molar-refractivity contribution in [3.63, 3.8) is 0 Å². The predicted octanol–water partition coefficient (Wildman–Crippen LogP) is 5.27. The Labute approximate surface area is 170 Å². The van der Waals surface area contributed by atoms with E-state index in [9.17, 15) is 9.18 Å². The van der Waals surface area contributed by atoms with Gasteiger partial charge >= 0.3 is 0 Å². The van der Waals surface area contributed by atoms with E-state index in [1.54, 1.807) is 29.5 Å². The van der Waals surface area contributed by atoms with Crippen LogP contribution in [0.4, 0.5) is 10.1 Å². The fourth-order valence-electron chi connectivity index (χ4n) is 2.73. The standard InChI is InChI=1S/C21H16FN3OS2/c1-14-23-17(12-27-14)13-28-21-24-19(11-15-5-3-2-4-6-15)20(26)25(21)18-9-7-16(22)8-10-18/h2-12H,13H2,1H3/b19-11-. The highest BCUT2D eigenvalue weighted by Crippen LogP contribution is 2.31. The normalized spacial score (nSPS) is 15.4. The van der Waals surface area contributed by atoms with Gasteiger partial charge in [-0.15, -0.1) is 11.3 Å². The molecule has 0 unspecified atom stereocenters. The Morgan fingerprint density at radius 3 is 2.57 bits per heavy atom. The smallest absolute Gasteiger partial charge is 0.266 e. The number of thiazole rings is 1. The molecule has 7 heteroatoms. The van der Waals surface area contributed by atoms with Crippen molar-refractivity contribution in [2.75, 3.05) is 4.90 Å². The first-order valence-corrected chi connectivity index (χ1v) is 10.5. The third-order valence-corrected chi connectivity index (χ3v) is 5.83. The lowest BCUT2D eigenvalue weighted by atomic mass is 10.2. The molecule has 0 spiro atoms. The van der Waals surface area contributed by atoms with Gasteiger partial charge in [0.25, 0.3) is 5.91 Å². The Morgan fingerprint density at radius 1 is 1.14 bits per heavy atom. The van der Waals surface area contributed by atoms with Crippen molar-refractivity contribution in [2.45, 2.75) is 12.7 Å². The van der Waals surface area contributed by atoms with Crippen LogP contribution >= 0.6 is 23.1 Å². The minimum atomic E-state index is -0.348. The number of aryl methyl sites for hydroxylation is 1. The number of carbonyl (C=O) groups excluding carboxylic acids is 1. The molecule has 1 aliphatic rings. The zero-order chi connectivity index (χ0) is 19.5. The fraction of sp³-hybridized carbons (Fsp3) is 0.0952. The summed E-state index contributed by atoms with van der Waals surface area (Å²) in [7, 11) is 0. The van der Waals surface area contributed by atoms with Gasteiger partial charge in [0.2, 0.25) is 0 Å². The molecule has 140 valence electrons. The quantitative estimate of drug-likeness (QED) is 0.552. The topological polar surface area (TPSA) is 45.6 Å². The average Bonchev–Trinajstić information content (AvgIpc) is 3.25. The van der Waals surface area contributed by atoms with E-state index in [0.717, 1.165) is 16.3 Å². The van der Waals surface area contributed by atoms with Crippen LogP contribution in [-0.4, -0.2) is 16.1 Å². The maximum absolute atomic E-state index is 13.3. The molecule has 4 rings (SSSR count). The minimum absolute atomic E-state index is 0.229. The summed E-state index contributed by atoms with van der Waals surface area (Å²) in [6.07, 6.45) is 1.76. The van der Waals surface area contributed by atoms with Gasteiger partial charge < -0.3 is 0 Å². The molecule has 0 radical (unpaired) electrons. The van der Waals surface area contributed by atoms with E-state index < -0.39 is 0 Å². The first-order valence-electron chi connectivity index (χ1n) is 8.59. The predicted molar refractivity (Wildman–Crippen MR) is 114 cm³/mol. The van der Waals surface area contributed by atoms with Gasteiger partial charge in [0.1, 0.15) is 11.5 Å². The Kier molecular flexibility index (Phi) is 5.36. The van der Waals surface area contributed by atoms with E-state index in [4.69, 9.17) is 0 Å². The van der Waals surface area contributed by atoms with E-state index in [2.05, 4.69) is 9.98 Å². The number of rotatable bonds is 4. The summed E-state index contributed by atoms with van der Waals surface area (Å²) >= 11 is 3.03. The second-order valence-electron chi connectivity index (χ2n) is 6.10. The SMILES string of the molecule is Cc1nc(CSC2=N/C(=C\c3ccccc3)C(=O)N2c2ccc(F)cc2)cs1. The summed E-state index contributed by atoms with van der Waals surface area (Å²) in [4.78, 5) is 23.6. The molecule has 0 bridgehead atoms. The van der Waals surface area contributed by atoms with E-state index in [1.165, 1.54) is 28.8 Å². The Morgan fingerprint density at radius 2 is 1.89 bits per heavy atom. The number of hydrogen-bond donors (Lipinski definition) is 0. The zero-order valence-corrected chi connectivity index (χ0v) is 16.6. The third kappa shape index (κ3) is 4.05. The number of aliphatic imine (C=N–C) groups is 1. The molecule has 3 aromatic rings. The average molecular weight is 410 g/mol. The molecule has 28 heavy (non-hydrogen) atoms. The molecule has 4 nitrogen and oxygen atoms in total. The molecule has 1 amide bonds. The van der Waals surface area contributed by atoms with Crippen LogP contribution in [-0.2, 0) is 10.5 Å². The number of carbonyl (C=O) groups is 1. The van der Waals surface area contributed by atoms with Crippen molar-refractivity contribution in [1.82, 2.24) is 4.98 Å². The Balaban J connectivity index is 1.66. The summed E-state index contributed by atoms with van der Waals surface area (Å²) in [5.41, 5.74) is 2.79. The van der Waals surface area contributed by atoms with Crippen molar-refractivity contribution in [3.05, 3.63) is 87.8 Å². The van der Waals surface area contributed by atoms with Crippen molar-refractivity contribution in [1.29, 1.82) is 0 Å². The van der Waals surface area contributed by atoms with E-state index in [-0.39, 0.29) is 11.7 Å². The van der Waals surface area contributed by atoms with Crippen molar-refractivity contribution in [3.8, 4) is 0 Å². The molecule has 1 aliphatic heterocycles. The highest BCUT2D eigenvalue weighted by atomic mass is 32.2. The largest absolute Gasteiger partial charge is 0.283 e. The number of amides is 1. The molecular weight excluding hydrogens is 393 g/mol. The van der Waals surface area contributed by atoms with Crippen LogP contribution in [0.15, 0.2) is 70.7 Å². The molecule has 2 aromatic carbocycles. The highest BCUT2D eigenvalue weighted by molar-refractivity contribution is 8.13. The number of amidine groups is 1. The molecule has 0 aliphatic carbocycles. The van der Waals surface area contributed by atoms with Gasteiger partial charge in [-0.2, -0.15) is 0 Å². The van der Waals surface area contributed by atoms with Gasteiger partial charge in [0.05, 0.1) is 16.4 Å². The fourth-order valence-corrected chi connectivity index (χ4v) is 4.35. The van der Waals surface area contributed by atoms with Gasteiger partial charge in [-0.25, -0.2) is 14.4 Å². The summed E-state index contributed by atoms with van der Waals surface area (Å²) < 4.78 is 13.3. The molecular formula is C21H16FN3OS2. The van der Waals surface area contributed by atoms with Gasteiger partial charge in [0, 0.05) is 11.1 Å². The number of anilines is 1. The van der Waals surface area contributed by atoms with Gasteiger partial charge in [-0.05, 0) is 42.8 Å². The summed E-state index contributed by atoms with van der Waals surface area (Å²) in [6, 6.07) is 15.4. The Bertz CT molecular complexity index is 1060. The summed E-state index contributed by atoms with van der Waals surface area (Å²) in [5, 5.41) is 3.56.